The van der Waals surface area contributed by atoms with Gasteiger partial charge in [-0.2, -0.15) is 4.31 Å². The van der Waals surface area contributed by atoms with Gasteiger partial charge in [-0.15, -0.1) is 0 Å². The summed E-state index contributed by atoms with van der Waals surface area (Å²) in [4.78, 5) is 16.2. The first kappa shape index (κ1) is 22.6. The quantitative estimate of drug-likeness (QED) is 0.542. The number of sulfonamides is 1. The van der Waals surface area contributed by atoms with Gasteiger partial charge in [0, 0.05) is 19.5 Å². The van der Waals surface area contributed by atoms with E-state index in [4.69, 9.17) is 4.74 Å². The van der Waals surface area contributed by atoms with Crippen LogP contribution in [0.5, 0.6) is 0 Å². The third-order valence-corrected chi connectivity index (χ3v) is 7.77. The van der Waals surface area contributed by atoms with Gasteiger partial charge in [-0.1, -0.05) is 23.5 Å². The van der Waals surface area contributed by atoms with E-state index < -0.39 is 33.4 Å². The molecule has 1 N–H and O–H groups in total. The molecule has 0 spiro atoms. The number of anilines is 1. The van der Waals surface area contributed by atoms with Crippen molar-refractivity contribution in [3.63, 3.8) is 0 Å². The molecule has 32 heavy (non-hydrogen) atoms. The average Bonchev–Trinajstić information content (AvgIpc) is 3.19. The van der Waals surface area contributed by atoms with Crippen LogP contribution in [-0.2, 0) is 26.0 Å². The van der Waals surface area contributed by atoms with Crippen molar-refractivity contribution in [3.8, 4) is 0 Å². The van der Waals surface area contributed by atoms with E-state index in [2.05, 4.69) is 10.3 Å². The molecule has 1 saturated heterocycles. The predicted molar refractivity (Wildman–Crippen MR) is 112 cm³/mol. The van der Waals surface area contributed by atoms with E-state index in [0.717, 1.165) is 23.0 Å². The maximum absolute atomic E-state index is 13.8. The van der Waals surface area contributed by atoms with Crippen LogP contribution >= 0.6 is 11.3 Å². The van der Waals surface area contributed by atoms with Crippen LogP contribution in [0.2, 0.25) is 0 Å². The van der Waals surface area contributed by atoms with E-state index in [-0.39, 0.29) is 26.7 Å². The van der Waals surface area contributed by atoms with E-state index in [1.54, 1.807) is 12.1 Å². The lowest BCUT2D eigenvalue weighted by Gasteiger charge is -2.26. The van der Waals surface area contributed by atoms with Crippen molar-refractivity contribution >= 4 is 42.6 Å². The van der Waals surface area contributed by atoms with Gasteiger partial charge >= 0.3 is 0 Å². The highest BCUT2D eigenvalue weighted by molar-refractivity contribution is 7.89. The number of fused-ring (bicyclic) bond motifs is 1. The Morgan fingerprint density at radius 1 is 1.12 bits per heavy atom. The van der Waals surface area contributed by atoms with Crippen LogP contribution in [-0.4, -0.2) is 49.9 Å². The molecular weight excluding hydrogens is 467 g/mol. The van der Waals surface area contributed by atoms with Crippen molar-refractivity contribution in [3.05, 3.63) is 53.3 Å². The molecule has 0 radical (unpaired) electrons. The smallest absolute Gasteiger partial charge is 0.243 e. The molecule has 1 aromatic heterocycles. The molecule has 3 aromatic rings. The number of amides is 1. The fourth-order valence-electron chi connectivity index (χ4n) is 3.23. The van der Waals surface area contributed by atoms with E-state index in [0.29, 0.717) is 32.7 Å². The van der Waals surface area contributed by atoms with Gasteiger partial charge in [-0.25, -0.2) is 26.6 Å². The molecule has 1 aliphatic rings. The fourth-order valence-corrected chi connectivity index (χ4v) is 5.54. The molecule has 12 heteroatoms. The minimum absolute atomic E-state index is 0.0286. The lowest BCUT2D eigenvalue weighted by molar-refractivity contribution is -0.116. The highest BCUT2D eigenvalue weighted by Gasteiger charge is 2.26. The Bertz CT molecular complexity index is 1260. The molecular formula is C20H18F3N3O4S2. The normalized spacial score (nSPS) is 15.2. The van der Waals surface area contributed by atoms with Gasteiger partial charge in [-0.3, -0.25) is 4.79 Å². The van der Waals surface area contributed by atoms with Crippen LogP contribution < -0.4 is 5.32 Å². The molecule has 0 bridgehead atoms. The fraction of sp³-hybridized carbons (Fsp3) is 0.300. The second-order valence-electron chi connectivity index (χ2n) is 7.06. The maximum atomic E-state index is 13.8. The Labute approximate surface area is 185 Å². The number of carbonyl (C=O) groups excluding carboxylic acids is 1. The number of thiazole rings is 1. The maximum Gasteiger partial charge on any atom is 0.243 e. The monoisotopic (exact) mass is 485 g/mol. The molecule has 7 nitrogen and oxygen atoms in total. The van der Waals surface area contributed by atoms with Crippen molar-refractivity contribution in [1.82, 2.24) is 9.29 Å². The predicted octanol–water partition coefficient (Wildman–Crippen LogP) is 3.31. The van der Waals surface area contributed by atoms with Crippen LogP contribution in [0.1, 0.15) is 12.0 Å². The molecule has 0 saturated carbocycles. The first-order chi connectivity index (χ1) is 15.3. The van der Waals surface area contributed by atoms with Crippen molar-refractivity contribution < 1.29 is 31.1 Å². The number of ether oxygens (including phenoxy) is 1. The summed E-state index contributed by atoms with van der Waals surface area (Å²) in [6.45, 7) is 1.33. The van der Waals surface area contributed by atoms with Crippen LogP contribution in [0.3, 0.4) is 0 Å². The van der Waals surface area contributed by atoms with Crippen molar-refractivity contribution in [2.75, 3.05) is 31.6 Å². The number of rotatable bonds is 6. The van der Waals surface area contributed by atoms with E-state index in [1.807, 2.05) is 0 Å². The summed E-state index contributed by atoms with van der Waals surface area (Å²) < 4.78 is 72.3. The van der Waals surface area contributed by atoms with Gasteiger partial charge in [0.15, 0.2) is 22.6 Å². The number of benzene rings is 2. The minimum Gasteiger partial charge on any atom is -0.379 e. The lowest BCUT2D eigenvalue weighted by Crippen LogP contribution is -2.40. The average molecular weight is 486 g/mol. The Hall–Kier alpha value is -2.54. The van der Waals surface area contributed by atoms with Gasteiger partial charge < -0.3 is 10.1 Å². The van der Waals surface area contributed by atoms with Gasteiger partial charge in [0.2, 0.25) is 15.9 Å². The summed E-state index contributed by atoms with van der Waals surface area (Å²) in [5.74, 6) is -4.75. The molecule has 0 aliphatic carbocycles. The third-order valence-electron chi connectivity index (χ3n) is 4.94. The zero-order chi connectivity index (χ0) is 22.9. The summed E-state index contributed by atoms with van der Waals surface area (Å²) >= 11 is 0.833. The summed E-state index contributed by atoms with van der Waals surface area (Å²) in [5, 5.41) is 2.52. The first-order valence-corrected chi connectivity index (χ1v) is 11.9. The SMILES string of the molecule is O=C(CCc1ccc(S(=O)(=O)N2CCOCC2)cc1)Nc1nc2c(F)c(F)c(F)cc2s1. The zero-order valence-electron chi connectivity index (χ0n) is 16.6. The van der Waals surface area contributed by atoms with Crippen LogP contribution in [0.4, 0.5) is 18.3 Å². The molecule has 0 unspecified atom stereocenters. The molecule has 1 fully saturated rings. The van der Waals surface area contributed by atoms with Crippen LogP contribution in [0, 0.1) is 17.5 Å². The van der Waals surface area contributed by atoms with Crippen molar-refractivity contribution in [1.29, 1.82) is 0 Å². The van der Waals surface area contributed by atoms with E-state index in [9.17, 15) is 26.4 Å². The number of nitrogens with zero attached hydrogens (tertiary/aromatic N) is 2. The third kappa shape index (κ3) is 4.63. The highest BCUT2D eigenvalue weighted by atomic mass is 32.2. The molecule has 0 atom stereocenters. The van der Waals surface area contributed by atoms with Crippen LogP contribution in [0.15, 0.2) is 35.2 Å². The number of halogens is 3. The van der Waals surface area contributed by atoms with Crippen LogP contribution in [0.25, 0.3) is 10.2 Å². The number of aryl methyl sites for hydroxylation is 1. The number of hydrogen-bond donors (Lipinski definition) is 1. The van der Waals surface area contributed by atoms with E-state index >= 15 is 0 Å². The summed E-state index contributed by atoms with van der Waals surface area (Å²) in [7, 11) is -3.59. The summed E-state index contributed by atoms with van der Waals surface area (Å²) in [6.07, 6.45) is 0.378. The summed E-state index contributed by atoms with van der Waals surface area (Å²) in [6, 6.07) is 7.10. The molecule has 170 valence electrons. The Balaban J connectivity index is 1.37. The lowest BCUT2D eigenvalue weighted by atomic mass is 10.1. The largest absolute Gasteiger partial charge is 0.379 e. The molecule has 1 aliphatic heterocycles. The number of nitrogens with one attached hydrogen (secondary N) is 1. The van der Waals surface area contributed by atoms with Gasteiger partial charge in [0.05, 0.1) is 22.8 Å². The minimum atomic E-state index is -3.59. The number of hydrogen-bond acceptors (Lipinski definition) is 6. The Kier molecular flexibility index (Phi) is 6.47. The second-order valence-corrected chi connectivity index (χ2v) is 10.0. The first-order valence-electron chi connectivity index (χ1n) is 9.66. The number of aromatic nitrogens is 1. The van der Waals surface area contributed by atoms with E-state index in [1.165, 1.54) is 16.4 Å². The van der Waals surface area contributed by atoms with Crippen molar-refractivity contribution in [2.24, 2.45) is 0 Å². The highest BCUT2D eigenvalue weighted by Crippen LogP contribution is 2.30. The summed E-state index contributed by atoms with van der Waals surface area (Å²) in [5.41, 5.74) is 0.404. The number of morpholine rings is 1. The molecule has 2 aromatic carbocycles. The topological polar surface area (TPSA) is 88.6 Å². The van der Waals surface area contributed by atoms with Gasteiger partial charge in [0.25, 0.3) is 0 Å². The molecule has 2 heterocycles. The zero-order valence-corrected chi connectivity index (χ0v) is 18.2. The Morgan fingerprint density at radius 3 is 2.50 bits per heavy atom. The standard InChI is InChI=1S/C20H18F3N3O4S2/c21-14-11-15-19(18(23)17(14)22)25-20(31-15)24-16(27)6-3-12-1-4-13(5-2-12)32(28,29)26-7-9-30-10-8-26/h1-2,4-5,11H,3,6-10H2,(H,24,25,27). The van der Waals surface area contributed by atoms with Gasteiger partial charge in [-0.05, 0) is 30.2 Å². The Morgan fingerprint density at radius 2 is 1.81 bits per heavy atom. The van der Waals surface area contributed by atoms with Crippen molar-refractivity contribution in [2.45, 2.75) is 17.7 Å². The second kappa shape index (κ2) is 9.14. The van der Waals surface area contributed by atoms with Gasteiger partial charge in [0.1, 0.15) is 5.52 Å². The molecule has 4 rings (SSSR count). The number of carbonyl (C=O) groups is 1. The molecule has 1 amide bonds.